The quantitative estimate of drug-likeness (QED) is 0.118. The van der Waals surface area contributed by atoms with E-state index in [0.717, 1.165) is 21.9 Å². The number of carbonyl (C=O) groups excluding carboxylic acids is 6. The number of rotatable bonds is 12. The van der Waals surface area contributed by atoms with Gasteiger partial charge in [0, 0.05) is 18.1 Å². The van der Waals surface area contributed by atoms with Crippen LogP contribution in [0.25, 0.3) is 11.3 Å². The van der Waals surface area contributed by atoms with Gasteiger partial charge in [0.25, 0.3) is 23.6 Å². The number of imide groups is 2. The van der Waals surface area contributed by atoms with E-state index in [1.54, 1.807) is 0 Å². The summed E-state index contributed by atoms with van der Waals surface area (Å²) in [7, 11) is 1.18. The normalized spacial score (nSPS) is 17.0. The molecule has 3 aromatic carbocycles. The van der Waals surface area contributed by atoms with Gasteiger partial charge in [-0.15, -0.1) is 0 Å². The number of methoxy groups -OCH3 is 1. The number of anilines is 2. The third-order valence-corrected chi connectivity index (χ3v) is 10.4. The van der Waals surface area contributed by atoms with Crippen molar-refractivity contribution in [2.45, 2.75) is 38.3 Å². The molecule has 2 saturated heterocycles. The first-order chi connectivity index (χ1) is 29.1. The Morgan fingerprint density at radius 2 is 1.75 bits per heavy atom. The summed E-state index contributed by atoms with van der Waals surface area (Å²) in [6, 6.07) is 11.9. The lowest BCUT2D eigenvalue weighted by molar-refractivity contribution is -0.136. The number of hydrogen-bond acceptors (Lipinski definition) is 12. The van der Waals surface area contributed by atoms with Gasteiger partial charge in [0.1, 0.15) is 35.7 Å². The van der Waals surface area contributed by atoms with E-state index in [1.165, 1.54) is 74.5 Å². The van der Waals surface area contributed by atoms with Gasteiger partial charge in [-0.1, -0.05) is 0 Å². The van der Waals surface area contributed by atoms with E-state index in [9.17, 15) is 34.0 Å². The van der Waals surface area contributed by atoms with Gasteiger partial charge in [0.15, 0.2) is 40.7 Å². The van der Waals surface area contributed by atoms with Crippen LogP contribution in [0.1, 0.15) is 53.0 Å². The van der Waals surface area contributed by atoms with Crippen LogP contribution in [0.5, 0.6) is 17.2 Å². The molecule has 2 fully saturated rings. The maximum Gasteiger partial charge on any atom is 0.262 e. The molecule has 20 heteroatoms. The highest BCUT2D eigenvalue weighted by Gasteiger charge is 2.51. The van der Waals surface area contributed by atoms with Gasteiger partial charge in [0.2, 0.25) is 11.8 Å². The zero-order valence-corrected chi connectivity index (χ0v) is 33.2. The molecule has 0 aliphatic carbocycles. The van der Waals surface area contributed by atoms with Crippen molar-refractivity contribution in [2.75, 3.05) is 36.7 Å². The number of nitrogens with one attached hydrogen (secondary N) is 2. The fraction of sp³-hybridized carbons (Fsp3) is 0.244. The Morgan fingerprint density at radius 3 is 2.44 bits per heavy atom. The summed E-state index contributed by atoms with van der Waals surface area (Å²) in [4.78, 5) is 83.0. The van der Waals surface area contributed by atoms with Gasteiger partial charge in [-0.3, -0.25) is 48.9 Å². The maximum atomic E-state index is 15.7. The first-order valence-electron chi connectivity index (χ1n) is 18.4. The number of fused-ring (bicyclic) bond motifs is 1. The van der Waals surface area contributed by atoms with Crippen molar-refractivity contribution >= 4 is 64.1 Å². The average molecular weight is 856 g/mol. The molecule has 0 bridgehead atoms. The van der Waals surface area contributed by atoms with E-state index in [2.05, 4.69) is 15.6 Å². The zero-order valence-electron chi connectivity index (χ0n) is 32.3. The number of halogens is 3. The van der Waals surface area contributed by atoms with Crippen LogP contribution in [0, 0.1) is 28.8 Å². The van der Waals surface area contributed by atoms with Crippen LogP contribution in [-0.2, 0) is 19.2 Å². The number of piperidine rings is 1. The molecule has 1 atom stereocenters. The molecule has 61 heavy (non-hydrogen) atoms. The number of nitrogens with zero attached hydrogens (tertiary/aromatic N) is 5. The van der Waals surface area contributed by atoms with E-state index in [4.69, 9.17) is 26.4 Å². The molecule has 0 radical (unpaired) electrons. The lowest BCUT2D eigenvalue weighted by Crippen LogP contribution is -2.54. The minimum Gasteiger partial charge on any atom is -0.492 e. The maximum absolute atomic E-state index is 15.7. The molecule has 0 spiro atoms. The molecular formula is C41H32F3N7O9S. The number of hydrogen-bond donors (Lipinski definition) is 2. The van der Waals surface area contributed by atoms with Crippen LogP contribution in [0.2, 0.25) is 0 Å². The second-order valence-electron chi connectivity index (χ2n) is 14.2. The predicted octanol–water partition coefficient (Wildman–Crippen LogP) is 3.94. The number of nitriles is 1. The number of pyridine rings is 1. The first kappa shape index (κ1) is 41.7. The van der Waals surface area contributed by atoms with Gasteiger partial charge in [-0.05, 0) is 81.0 Å². The first-order valence-corrected chi connectivity index (χ1v) is 18.8. The van der Waals surface area contributed by atoms with Gasteiger partial charge in [-0.2, -0.15) is 5.26 Å². The van der Waals surface area contributed by atoms with E-state index in [0.29, 0.717) is 0 Å². The topological polar surface area (TPSA) is 201 Å². The Morgan fingerprint density at radius 1 is 1.00 bits per heavy atom. The number of carbonyl (C=O) groups is 6. The second kappa shape index (κ2) is 16.3. The second-order valence-corrected chi connectivity index (χ2v) is 14.6. The average Bonchev–Trinajstić information content (AvgIpc) is 3.57. The lowest BCUT2D eigenvalue weighted by atomic mass is 10.0. The molecule has 2 N–H and O–H groups in total. The standard InChI is InChI=1S/C41H32F3N7O9S/c1-41(2)39(57)50(28-8-4-21(17-45)35(58-3)33(28)44)40(61)51(41)22-15-27(43)34(47-18-22)20-5-10-30(26(42)14-20)59-13-12-46-32(53)19-60-23-6-7-24-25(16-23)38(56)49(37(24)55)29-9-11-31(52)48-36(29)54/h4-8,10,14-16,18,29H,9,11-13,19H2,1-3H3,(H,46,53)(H,48,52,54). The molecule has 1 aromatic heterocycles. The largest absolute Gasteiger partial charge is 0.492 e. The third kappa shape index (κ3) is 7.55. The van der Waals surface area contributed by atoms with Crippen molar-refractivity contribution in [1.82, 2.24) is 20.5 Å². The summed E-state index contributed by atoms with van der Waals surface area (Å²) in [6.45, 7) is 2.28. The third-order valence-electron chi connectivity index (χ3n) is 10.1. The fourth-order valence-electron chi connectivity index (χ4n) is 7.07. The van der Waals surface area contributed by atoms with Crippen LogP contribution >= 0.6 is 12.2 Å². The molecule has 0 saturated carbocycles. The molecule has 312 valence electrons. The van der Waals surface area contributed by atoms with Crippen LogP contribution in [0.15, 0.2) is 60.8 Å². The minimum atomic E-state index is -1.44. The molecule has 6 amide bonds. The number of thiocarbonyl (C=S) groups is 1. The Bertz CT molecular complexity index is 2640. The van der Waals surface area contributed by atoms with Gasteiger partial charge in [-0.25, -0.2) is 13.2 Å². The molecule has 4 aromatic rings. The highest BCUT2D eigenvalue weighted by Crippen LogP contribution is 2.40. The lowest BCUT2D eigenvalue weighted by Gasteiger charge is -2.29. The van der Waals surface area contributed by atoms with E-state index in [-0.39, 0.29) is 87.7 Å². The molecule has 16 nitrogen and oxygen atoms in total. The fourth-order valence-corrected chi connectivity index (χ4v) is 7.58. The molecule has 7 rings (SSSR count). The van der Waals surface area contributed by atoms with E-state index in [1.807, 2.05) is 6.07 Å². The SMILES string of the molecule is COc1c(C#N)ccc(N2C(=O)C(C)(C)N(c3cnc(-c4ccc(OCCNC(=O)COc5ccc6c(c5)C(=O)N(C5CCC(=O)NC5=O)C6=O)c(F)c4)c(F)c3)C2=S)c1F. The summed E-state index contributed by atoms with van der Waals surface area (Å²) in [5.74, 6) is -7.11. The van der Waals surface area contributed by atoms with Crippen molar-refractivity contribution in [3.63, 3.8) is 0 Å². The van der Waals surface area contributed by atoms with Gasteiger partial charge < -0.3 is 24.4 Å². The number of ether oxygens (including phenoxy) is 3. The summed E-state index contributed by atoms with van der Waals surface area (Å²) >= 11 is 5.57. The van der Waals surface area contributed by atoms with Crippen molar-refractivity contribution in [2.24, 2.45) is 0 Å². The summed E-state index contributed by atoms with van der Waals surface area (Å²) in [5, 5.41) is 13.8. The van der Waals surface area contributed by atoms with E-state index < -0.39 is 71.1 Å². The van der Waals surface area contributed by atoms with Crippen molar-refractivity contribution in [1.29, 1.82) is 5.26 Å². The Labute approximate surface area is 349 Å². The highest BCUT2D eigenvalue weighted by atomic mass is 32.1. The minimum absolute atomic E-state index is 0.000596. The smallest absolute Gasteiger partial charge is 0.262 e. The van der Waals surface area contributed by atoms with Crippen LogP contribution < -0.4 is 34.6 Å². The molecule has 4 heterocycles. The van der Waals surface area contributed by atoms with Gasteiger partial charge in [0.05, 0.1) is 47.9 Å². The van der Waals surface area contributed by atoms with Crippen molar-refractivity contribution in [3.05, 3.63) is 94.9 Å². The molecular weight excluding hydrogens is 824 g/mol. The van der Waals surface area contributed by atoms with Crippen LogP contribution in [-0.4, -0.2) is 88.9 Å². The van der Waals surface area contributed by atoms with Gasteiger partial charge >= 0.3 is 0 Å². The number of amides is 6. The Hall–Kier alpha value is -7.40. The Kier molecular flexibility index (Phi) is 11.2. The van der Waals surface area contributed by atoms with Crippen LogP contribution in [0.4, 0.5) is 24.5 Å². The summed E-state index contributed by atoms with van der Waals surface area (Å²) < 4.78 is 62.3. The predicted molar refractivity (Wildman–Crippen MR) is 211 cm³/mol. The number of aromatic nitrogens is 1. The molecule has 1 unspecified atom stereocenters. The Balaban J connectivity index is 0.931. The van der Waals surface area contributed by atoms with Crippen molar-refractivity contribution < 1.29 is 56.1 Å². The monoisotopic (exact) mass is 855 g/mol. The van der Waals surface area contributed by atoms with Crippen LogP contribution in [0.3, 0.4) is 0 Å². The molecule has 3 aliphatic heterocycles. The highest BCUT2D eigenvalue weighted by molar-refractivity contribution is 7.81. The summed E-state index contributed by atoms with van der Waals surface area (Å²) in [5.41, 5.74) is -1.90. The van der Waals surface area contributed by atoms with Crippen molar-refractivity contribution in [3.8, 4) is 34.6 Å². The molecule has 3 aliphatic rings. The zero-order chi connectivity index (χ0) is 43.9. The summed E-state index contributed by atoms with van der Waals surface area (Å²) in [6.07, 6.45) is 1.21. The number of benzene rings is 3. The van der Waals surface area contributed by atoms with E-state index >= 15 is 13.2 Å².